The predicted molar refractivity (Wildman–Crippen MR) is 121 cm³/mol. The van der Waals surface area contributed by atoms with Crippen LogP contribution in [0.5, 0.6) is 0 Å². The molecule has 7 heteroatoms. The first-order valence-corrected chi connectivity index (χ1v) is 11.3. The molecule has 4 amide bonds. The fourth-order valence-corrected chi connectivity index (χ4v) is 4.32. The number of carbonyl (C=O) groups is 4. The molecule has 0 aromatic heterocycles. The van der Waals surface area contributed by atoms with Gasteiger partial charge in [-0.05, 0) is 46.1 Å². The van der Waals surface area contributed by atoms with E-state index in [0.717, 1.165) is 11.1 Å². The van der Waals surface area contributed by atoms with Gasteiger partial charge in [0.2, 0.25) is 23.6 Å². The highest BCUT2D eigenvalue weighted by molar-refractivity contribution is 6.05. The summed E-state index contributed by atoms with van der Waals surface area (Å²) in [5.74, 6) is -1.47. The van der Waals surface area contributed by atoms with E-state index >= 15 is 0 Å². The number of nitrogens with one attached hydrogen (secondary N) is 1. The van der Waals surface area contributed by atoms with Gasteiger partial charge in [0.05, 0.1) is 11.8 Å². The highest BCUT2D eigenvalue weighted by Crippen LogP contribution is 2.35. The van der Waals surface area contributed by atoms with Crippen LogP contribution in [0.4, 0.5) is 0 Å². The van der Waals surface area contributed by atoms with E-state index < -0.39 is 6.04 Å². The normalized spacial score (nSPS) is 21.0. The Morgan fingerprint density at radius 3 is 2.12 bits per heavy atom. The van der Waals surface area contributed by atoms with Gasteiger partial charge in [0.25, 0.3) is 0 Å². The molecule has 32 heavy (non-hydrogen) atoms. The summed E-state index contributed by atoms with van der Waals surface area (Å²) in [6.45, 7) is 7.76. The van der Waals surface area contributed by atoms with Crippen LogP contribution in [0.25, 0.3) is 0 Å². The first-order chi connectivity index (χ1) is 15.2. The molecule has 0 spiro atoms. The third kappa shape index (κ3) is 5.26. The highest BCUT2D eigenvalue weighted by atomic mass is 16.2. The molecule has 3 atom stereocenters. The minimum atomic E-state index is -0.678. The lowest BCUT2D eigenvalue weighted by Crippen LogP contribution is -2.49. The van der Waals surface area contributed by atoms with Gasteiger partial charge in [0, 0.05) is 25.6 Å². The average molecular weight is 440 g/mol. The predicted octanol–water partition coefficient (Wildman–Crippen LogP) is 2.58. The first kappa shape index (κ1) is 23.7. The average Bonchev–Trinajstić information content (AvgIpc) is 3.00. The molecule has 0 saturated carbocycles. The molecule has 7 nitrogen and oxygen atoms in total. The lowest BCUT2D eigenvalue weighted by Gasteiger charge is -2.30. The smallest absolute Gasteiger partial charge is 0.242 e. The summed E-state index contributed by atoms with van der Waals surface area (Å²) < 4.78 is 0. The van der Waals surface area contributed by atoms with Crippen molar-refractivity contribution in [3.63, 3.8) is 0 Å². The molecule has 1 aliphatic carbocycles. The van der Waals surface area contributed by atoms with Crippen molar-refractivity contribution in [3.8, 4) is 0 Å². The molecule has 1 heterocycles. The van der Waals surface area contributed by atoms with Crippen molar-refractivity contribution in [2.45, 2.75) is 65.6 Å². The van der Waals surface area contributed by atoms with Crippen molar-refractivity contribution in [2.24, 2.45) is 11.8 Å². The van der Waals surface area contributed by atoms with Crippen LogP contribution in [0.15, 0.2) is 36.4 Å². The maximum atomic E-state index is 13.2. The van der Waals surface area contributed by atoms with Crippen LogP contribution in [-0.2, 0) is 25.7 Å². The number of likely N-dealkylation sites (tertiary alicyclic amines) is 1. The number of rotatable bonds is 8. The Hall–Kier alpha value is -2.96. The van der Waals surface area contributed by atoms with E-state index in [2.05, 4.69) is 5.32 Å². The summed E-state index contributed by atoms with van der Waals surface area (Å²) in [4.78, 5) is 54.0. The molecule has 172 valence electrons. The van der Waals surface area contributed by atoms with Crippen molar-refractivity contribution in [1.82, 2.24) is 15.1 Å². The number of benzene rings is 1. The van der Waals surface area contributed by atoms with Crippen LogP contribution in [-0.4, -0.2) is 52.1 Å². The number of nitrogens with zero attached hydrogens (tertiary/aromatic N) is 2. The second-order valence-corrected chi connectivity index (χ2v) is 9.08. The SMILES string of the molecule is Cc1ccc(CN(C(=O)CCN2C(=O)[C@H]3CC=CC[C@H]3C2=O)[C@H](C)C(=O)NC(C)C)cc1. The molecule has 1 fully saturated rings. The quantitative estimate of drug-likeness (QED) is 0.498. The third-order valence-corrected chi connectivity index (χ3v) is 6.22. The van der Waals surface area contributed by atoms with Crippen molar-refractivity contribution in [1.29, 1.82) is 0 Å². The highest BCUT2D eigenvalue weighted by Gasteiger charge is 2.47. The van der Waals surface area contributed by atoms with Gasteiger partial charge in [0.15, 0.2) is 0 Å². The number of carbonyl (C=O) groups excluding carboxylic acids is 4. The Morgan fingerprint density at radius 2 is 1.59 bits per heavy atom. The zero-order valence-corrected chi connectivity index (χ0v) is 19.3. The van der Waals surface area contributed by atoms with Gasteiger partial charge in [-0.2, -0.15) is 0 Å². The van der Waals surface area contributed by atoms with E-state index in [-0.39, 0.29) is 61.0 Å². The molecule has 2 aliphatic rings. The van der Waals surface area contributed by atoms with Gasteiger partial charge < -0.3 is 10.2 Å². The maximum Gasteiger partial charge on any atom is 0.242 e. The zero-order valence-electron chi connectivity index (χ0n) is 19.3. The Kier molecular flexibility index (Phi) is 7.48. The summed E-state index contributed by atoms with van der Waals surface area (Å²) in [6.07, 6.45) is 5.03. The van der Waals surface area contributed by atoms with Gasteiger partial charge in [-0.1, -0.05) is 42.0 Å². The van der Waals surface area contributed by atoms with Gasteiger partial charge in [-0.25, -0.2) is 0 Å². The van der Waals surface area contributed by atoms with Crippen molar-refractivity contribution in [3.05, 3.63) is 47.5 Å². The van der Waals surface area contributed by atoms with Crippen LogP contribution < -0.4 is 5.32 Å². The Bertz CT molecular complexity index is 880. The van der Waals surface area contributed by atoms with E-state index in [1.54, 1.807) is 6.92 Å². The van der Waals surface area contributed by atoms with Crippen LogP contribution in [0.1, 0.15) is 51.2 Å². The Balaban J connectivity index is 1.71. The summed E-state index contributed by atoms with van der Waals surface area (Å²) in [5, 5.41) is 2.86. The summed E-state index contributed by atoms with van der Waals surface area (Å²) in [7, 11) is 0. The monoisotopic (exact) mass is 439 g/mol. The minimum absolute atomic E-state index is 0.00446. The molecule has 0 radical (unpaired) electrons. The molecule has 1 N–H and O–H groups in total. The van der Waals surface area contributed by atoms with E-state index in [1.807, 2.05) is 57.2 Å². The maximum absolute atomic E-state index is 13.2. The second kappa shape index (κ2) is 10.1. The second-order valence-electron chi connectivity index (χ2n) is 9.08. The fourth-order valence-electron chi connectivity index (χ4n) is 4.32. The van der Waals surface area contributed by atoms with Crippen LogP contribution >= 0.6 is 0 Å². The van der Waals surface area contributed by atoms with Gasteiger partial charge in [0.1, 0.15) is 6.04 Å². The van der Waals surface area contributed by atoms with Crippen molar-refractivity contribution < 1.29 is 19.2 Å². The van der Waals surface area contributed by atoms with Gasteiger partial charge in [-0.3, -0.25) is 24.1 Å². The number of hydrogen-bond acceptors (Lipinski definition) is 4. The van der Waals surface area contributed by atoms with E-state index in [1.165, 1.54) is 9.80 Å². The molecular weight excluding hydrogens is 406 g/mol. The number of amides is 4. The van der Waals surface area contributed by atoms with E-state index in [4.69, 9.17) is 0 Å². The number of fused-ring (bicyclic) bond motifs is 1. The molecular formula is C25H33N3O4. The molecule has 1 saturated heterocycles. The number of aryl methyl sites for hydroxylation is 1. The summed E-state index contributed by atoms with van der Waals surface area (Å²) in [6, 6.07) is 7.09. The minimum Gasteiger partial charge on any atom is -0.352 e. The van der Waals surface area contributed by atoms with Crippen LogP contribution in [0.3, 0.4) is 0 Å². The Labute approximate surface area is 189 Å². The number of allylic oxidation sites excluding steroid dienone is 2. The molecule has 0 unspecified atom stereocenters. The number of hydrogen-bond donors (Lipinski definition) is 1. The molecule has 1 aromatic rings. The number of imide groups is 1. The molecule has 1 aliphatic heterocycles. The Morgan fingerprint density at radius 1 is 1.03 bits per heavy atom. The first-order valence-electron chi connectivity index (χ1n) is 11.3. The lowest BCUT2D eigenvalue weighted by atomic mass is 9.85. The topological polar surface area (TPSA) is 86.8 Å². The third-order valence-electron chi connectivity index (χ3n) is 6.22. The van der Waals surface area contributed by atoms with Crippen molar-refractivity contribution >= 4 is 23.6 Å². The standard InChI is InChI=1S/C25H33N3O4/c1-16(2)26-23(30)18(4)28(15-19-11-9-17(3)10-12-19)22(29)13-14-27-24(31)20-7-5-6-8-21(20)25(27)32/h5-6,9-12,16,18,20-21H,7-8,13-15H2,1-4H3,(H,26,30)/t18-,20-,21+/m1/s1. The van der Waals surface area contributed by atoms with E-state index in [0.29, 0.717) is 12.8 Å². The summed E-state index contributed by atoms with van der Waals surface area (Å²) in [5.41, 5.74) is 2.03. The summed E-state index contributed by atoms with van der Waals surface area (Å²) >= 11 is 0. The van der Waals surface area contributed by atoms with Gasteiger partial charge in [-0.15, -0.1) is 0 Å². The van der Waals surface area contributed by atoms with Gasteiger partial charge >= 0.3 is 0 Å². The van der Waals surface area contributed by atoms with Crippen LogP contribution in [0.2, 0.25) is 0 Å². The van der Waals surface area contributed by atoms with Crippen LogP contribution in [0, 0.1) is 18.8 Å². The fraction of sp³-hybridized carbons (Fsp3) is 0.520. The lowest BCUT2D eigenvalue weighted by molar-refractivity contribution is -0.143. The van der Waals surface area contributed by atoms with Crippen molar-refractivity contribution in [2.75, 3.05) is 6.54 Å². The zero-order chi connectivity index (χ0) is 23.4. The molecule has 3 rings (SSSR count). The molecule has 1 aromatic carbocycles. The largest absolute Gasteiger partial charge is 0.352 e. The molecule has 0 bridgehead atoms. The van der Waals surface area contributed by atoms with E-state index in [9.17, 15) is 19.2 Å².